The van der Waals surface area contributed by atoms with Crippen LogP contribution in [0.1, 0.15) is 46.8 Å². The Morgan fingerprint density at radius 2 is 1.84 bits per heavy atom. The second-order valence-electron chi connectivity index (χ2n) is 11.3. The standard InChI is InChI=1S/C29H31F3N8O3S/c30-29(31,32)20-3-1-19(2-4-20)27-25-17-39(44(34,42)43)12-9-26(25)40(37-27)16-22(41)15-38-10-7-18(8-11-38)24-14-35-28-23(24)6-5-21(13-33)36-28/h1-6,14,18,22,41H,7-12,15-17H2,(H,35,36)(H2,34,42,43). The number of rotatable bonds is 7. The number of aromatic nitrogens is 4. The Kier molecular flexibility index (Phi) is 7.97. The van der Waals surface area contributed by atoms with Crippen LogP contribution in [0, 0.1) is 11.3 Å². The Morgan fingerprint density at radius 1 is 1.11 bits per heavy atom. The van der Waals surface area contributed by atoms with Gasteiger partial charge in [-0.05, 0) is 61.7 Å². The van der Waals surface area contributed by atoms with Gasteiger partial charge in [-0.3, -0.25) is 4.68 Å². The number of benzene rings is 1. The molecule has 4 aromatic rings. The molecule has 0 saturated carbocycles. The van der Waals surface area contributed by atoms with E-state index in [1.165, 1.54) is 17.7 Å². The SMILES string of the molecule is N#Cc1ccc2c(C3CCN(CC(O)Cn4nc(-c5ccc(C(F)(F)F)cc5)c5c4CCN(S(N)(=O)=O)C5)CC3)c[nH]c2n1. The smallest absolute Gasteiger partial charge is 0.390 e. The number of hydrogen-bond acceptors (Lipinski definition) is 7. The number of aliphatic hydroxyl groups is 1. The van der Waals surface area contributed by atoms with Gasteiger partial charge in [-0.2, -0.15) is 36.3 Å². The Balaban J connectivity index is 1.15. The monoisotopic (exact) mass is 628 g/mol. The second-order valence-corrected chi connectivity index (χ2v) is 12.9. The van der Waals surface area contributed by atoms with Gasteiger partial charge >= 0.3 is 6.18 Å². The molecule has 5 heterocycles. The number of β-amino-alcohol motifs (C(OH)–C–C–N with tert-alkyl or cyclic N) is 1. The predicted molar refractivity (Wildman–Crippen MR) is 155 cm³/mol. The molecule has 2 aliphatic rings. The van der Waals surface area contributed by atoms with Gasteiger partial charge < -0.3 is 15.0 Å². The third kappa shape index (κ3) is 6.08. The average Bonchev–Trinajstić information content (AvgIpc) is 3.57. The summed E-state index contributed by atoms with van der Waals surface area (Å²) in [6, 6.07) is 10.3. The van der Waals surface area contributed by atoms with E-state index in [1.807, 2.05) is 12.3 Å². The number of likely N-dealkylation sites (tertiary alicyclic amines) is 1. The molecule has 1 aromatic carbocycles. The van der Waals surface area contributed by atoms with Crippen molar-refractivity contribution in [3.05, 3.63) is 70.7 Å². The quantitative estimate of drug-likeness (QED) is 0.284. The Bertz CT molecular complexity index is 1820. The van der Waals surface area contributed by atoms with E-state index in [0.29, 0.717) is 47.0 Å². The summed E-state index contributed by atoms with van der Waals surface area (Å²) in [7, 11) is -3.99. The van der Waals surface area contributed by atoms with Crippen LogP contribution in [0.3, 0.4) is 0 Å². The molecule has 1 atom stereocenters. The first-order valence-corrected chi connectivity index (χ1v) is 15.7. The number of pyridine rings is 1. The molecule has 0 amide bonds. The lowest BCUT2D eigenvalue weighted by Gasteiger charge is -2.33. The maximum Gasteiger partial charge on any atom is 0.416 e. The first-order chi connectivity index (χ1) is 20.9. The summed E-state index contributed by atoms with van der Waals surface area (Å²) in [4.78, 5) is 9.70. The summed E-state index contributed by atoms with van der Waals surface area (Å²) in [5.41, 5.74) is 3.50. The molecule has 3 aromatic heterocycles. The molecule has 0 spiro atoms. The number of halogens is 3. The fourth-order valence-electron chi connectivity index (χ4n) is 6.29. The third-order valence-corrected chi connectivity index (χ3v) is 9.54. The van der Waals surface area contributed by atoms with Crippen LogP contribution in [-0.4, -0.2) is 74.8 Å². The lowest BCUT2D eigenvalue weighted by atomic mass is 9.89. The molecular weight excluding hydrogens is 597 g/mol. The summed E-state index contributed by atoms with van der Waals surface area (Å²) >= 11 is 0. The van der Waals surface area contributed by atoms with E-state index in [0.717, 1.165) is 53.4 Å². The van der Waals surface area contributed by atoms with E-state index in [-0.39, 0.29) is 19.6 Å². The first-order valence-electron chi connectivity index (χ1n) is 14.2. The highest BCUT2D eigenvalue weighted by Crippen LogP contribution is 2.35. The van der Waals surface area contributed by atoms with Crippen LogP contribution >= 0.6 is 0 Å². The molecule has 1 unspecified atom stereocenters. The molecule has 2 aliphatic heterocycles. The van der Waals surface area contributed by atoms with Gasteiger partial charge in [0.15, 0.2) is 0 Å². The number of nitrogens with one attached hydrogen (secondary N) is 1. The lowest BCUT2D eigenvalue weighted by molar-refractivity contribution is -0.137. The summed E-state index contributed by atoms with van der Waals surface area (Å²) in [5, 5.41) is 31.2. The molecule has 1 fully saturated rings. The third-order valence-electron chi connectivity index (χ3n) is 8.51. The molecule has 6 rings (SSSR count). The van der Waals surface area contributed by atoms with Crippen LogP contribution in [0.2, 0.25) is 0 Å². The van der Waals surface area contributed by atoms with Crippen LogP contribution in [0.4, 0.5) is 13.2 Å². The maximum absolute atomic E-state index is 13.1. The minimum atomic E-state index is -4.49. The van der Waals surface area contributed by atoms with Gasteiger partial charge in [0.2, 0.25) is 0 Å². The van der Waals surface area contributed by atoms with E-state index in [1.54, 1.807) is 10.7 Å². The van der Waals surface area contributed by atoms with E-state index < -0.39 is 28.1 Å². The molecule has 44 heavy (non-hydrogen) atoms. The van der Waals surface area contributed by atoms with Crippen LogP contribution in [0.5, 0.6) is 0 Å². The number of hydrogen-bond donors (Lipinski definition) is 3. The molecular formula is C29H31F3N8O3S. The van der Waals surface area contributed by atoms with Crippen molar-refractivity contribution in [1.82, 2.24) is 29.0 Å². The number of nitrogens with two attached hydrogens (primary N) is 1. The van der Waals surface area contributed by atoms with Crippen molar-refractivity contribution < 1.29 is 26.7 Å². The zero-order valence-electron chi connectivity index (χ0n) is 23.6. The first kappa shape index (κ1) is 30.2. The number of nitriles is 1. The average molecular weight is 629 g/mol. The maximum atomic E-state index is 13.1. The van der Waals surface area contributed by atoms with Gasteiger partial charge in [0.05, 0.1) is 23.9 Å². The van der Waals surface area contributed by atoms with Gasteiger partial charge in [-0.15, -0.1) is 0 Å². The van der Waals surface area contributed by atoms with Crippen molar-refractivity contribution in [3.8, 4) is 17.3 Å². The van der Waals surface area contributed by atoms with Crippen molar-refractivity contribution in [1.29, 1.82) is 5.26 Å². The number of fused-ring (bicyclic) bond motifs is 2. The van der Waals surface area contributed by atoms with Crippen molar-refractivity contribution in [2.75, 3.05) is 26.2 Å². The molecule has 232 valence electrons. The Hall–Kier alpha value is -3.81. The largest absolute Gasteiger partial charge is 0.416 e. The number of aliphatic hydroxyl groups excluding tert-OH is 1. The Labute approximate surface area is 251 Å². The minimum Gasteiger partial charge on any atom is -0.390 e. The number of aromatic amines is 1. The summed E-state index contributed by atoms with van der Waals surface area (Å²) < 4.78 is 66.4. The molecule has 15 heteroatoms. The van der Waals surface area contributed by atoms with Gasteiger partial charge in [-0.1, -0.05) is 12.1 Å². The number of piperidine rings is 1. The van der Waals surface area contributed by atoms with Gasteiger partial charge in [-0.25, -0.2) is 10.1 Å². The van der Waals surface area contributed by atoms with Crippen LogP contribution in [-0.2, 0) is 35.9 Å². The van der Waals surface area contributed by atoms with E-state index in [2.05, 4.69) is 26.0 Å². The minimum absolute atomic E-state index is 0.0602. The van der Waals surface area contributed by atoms with Crippen LogP contribution in [0.25, 0.3) is 22.3 Å². The fraction of sp³-hybridized carbons (Fsp3) is 0.414. The highest BCUT2D eigenvalue weighted by atomic mass is 32.2. The van der Waals surface area contributed by atoms with Crippen molar-refractivity contribution in [2.45, 2.75) is 50.6 Å². The van der Waals surface area contributed by atoms with Crippen LogP contribution in [0.15, 0.2) is 42.6 Å². The second kappa shape index (κ2) is 11.6. The molecule has 1 saturated heterocycles. The molecule has 0 aliphatic carbocycles. The van der Waals surface area contributed by atoms with Crippen LogP contribution < -0.4 is 5.14 Å². The van der Waals surface area contributed by atoms with Crippen molar-refractivity contribution in [3.63, 3.8) is 0 Å². The number of H-pyrrole nitrogens is 1. The number of nitrogens with zero attached hydrogens (tertiary/aromatic N) is 6. The highest BCUT2D eigenvalue weighted by Gasteiger charge is 2.33. The molecule has 11 nitrogen and oxygen atoms in total. The summed E-state index contributed by atoms with van der Waals surface area (Å²) in [5.74, 6) is 0.318. The molecule has 0 radical (unpaired) electrons. The topological polar surface area (TPSA) is 157 Å². The highest BCUT2D eigenvalue weighted by molar-refractivity contribution is 7.86. The Morgan fingerprint density at radius 3 is 2.50 bits per heavy atom. The van der Waals surface area contributed by atoms with Gasteiger partial charge in [0.1, 0.15) is 17.4 Å². The zero-order chi connectivity index (χ0) is 31.2. The predicted octanol–water partition coefficient (Wildman–Crippen LogP) is 3.12. The van der Waals surface area contributed by atoms with E-state index in [4.69, 9.17) is 10.4 Å². The van der Waals surface area contributed by atoms with E-state index >= 15 is 0 Å². The normalized spacial score (nSPS) is 17.9. The molecule has 0 bridgehead atoms. The molecule has 4 N–H and O–H groups in total. The summed E-state index contributed by atoms with van der Waals surface area (Å²) in [6.07, 6.45) is -1.24. The van der Waals surface area contributed by atoms with Crippen molar-refractivity contribution >= 4 is 21.2 Å². The van der Waals surface area contributed by atoms with E-state index in [9.17, 15) is 26.7 Å². The fourth-order valence-corrected chi connectivity index (χ4v) is 6.95. The van der Waals surface area contributed by atoms with Gasteiger partial charge in [0.25, 0.3) is 10.2 Å². The lowest BCUT2D eigenvalue weighted by Crippen LogP contribution is -2.41. The number of alkyl halides is 3. The zero-order valence-corrected chi connectivity index (χ0v) is 24.4. The summed E-state index contributed by atoms with van der Waals surface area (Å²) in [6.45, 7) is 2.17. The van der Waals surface area contributed by atoms with Gasteiger partial charge in [0, 0.05) is 54.5 Å². The van der Waals surface area contributed by atoms with Crippen molar-refractivity contribution in [2.24, 2.45) is 5.14 Å².